The number of nitrogens with one attached hydrogen (secondary N) is 1. The molecule has 0 saturated heterocycles. The van der Waals surface area contributed by atoms with Crippen LogP contribution in [0.3, 0.4) is 0 Å². The molecule has 2 N–H and O–H groups in total. The van der Waals surface area contributed by atoms with E-state index in [2.05, 4.69) is 5.32 Å². The van der Waals surface area contributed by atoms with Crippen LogP contribution in [0.4, 0.5) is 0 Å². The second-order valence-corrected chi connectivity index (χ2v) is 5.76. The van der Waals surface area contributed by atoms with Crippen LogP contribution in [0.15, 0.2) is 30.3 Å². The highest BCUT2D eigenvalue weighted by atomic mass is 16.4. The number of carboxylic acid groups (broad SMARTS) is 1. The molecule has 6 nitrogen and oxygen atoms in total. The molecule has 0 bridgehead atoms. The second kappa shape index (κ2) is 8.92. The minimum Gasteiger partial charge on any atom is -0.480 e. The lowest BCUT2D eigenvalue weighted by Crippen LogP contribution is -2.45. The maximum absolute atomic E-state index is 12.7. The van der Waals surface area contributed by atoms with E-state index in [1.54, 1.807) is 31.2 Å². The van der Waals surface area contributed by atoms with Crippen molar-refractivity contribution in [1.29, 1.82) is 0 Å². The van der Waals surface area contributed by atoms with Crippen molar-refractivity contribution in [2.24, 2.45) is 5.92 Å². The number of carbonyl (C=O) groups is 3. The van der Waals surface area contributed by atoms with Crippen molar-refractivity contribution in [1.82, 2.24) is 10.2 Å². The van der Waals surface area contributed by atoms with Crippen LogP contribution in [0.2, 0.25) is 0 Å². The smallest absolute Gasteiger partial charge is 0.323 e. The molecule has 0 spiro atoms. The summed E-state index contributed by atoms with van der Waals surface area (Å²) in [5.74, 6) is -1.56. The van der Waals surface area contributed by atoms with Gasteiger partial charge in [0, 0.05) is 13.0 Å². The molecule has 0 heterocycles. The lowest BCUT2D eigenvalue weighted by molar-refractivity contribution is -0.145. The Labute approximate surface area is 136 Å². The Morgan fingerprint density at radius 3 is 2.26 bits per heavy atom. The molecule has 1 atom stereocenters. The van der Waals surface area contributed by atoms with Crippen molar-refractivity contribution in [2.75, 3.05) is 13.1 Å². The van der Waals surface area contributed by atoms with Crippen molar-refractivity contribution in [3.63, 3.8) is 0 Å². The number of nitrogens with zero attached hydrogens (tertiary/aromatic N) is 1. The van der Waals surface area contributed by atoms with E-state index >= 15 is 0 Å². The number of amides is 2. The third-order valence-electron chi connectivity index (χ3n) is 3.30. The molecule has 1 aromatic rings. The molecule has 1 rings (SSSR count). The predicted octanol–water partition coefficient (Wildman–Crippen LogP) is 1.82. The van der Waals surface area contributed by atoms with Gasteiger partial charge in [-0.15, -0.1) is 0 Å². The minimum absolute atomic E-state index is 0.169. The first-order chi connectivity index (χ1) is 10.8. The van der Waals surface area contributed by atoms with E-state index in [-0.39, 0.29) is 18.4 Å². The molecule has 0 aliphatic rings. The van der Waals surface area contributed by atoms with Gasteiger partial charge in [0.1, 0.15) is 12.6 Å². The molecule has 2 amide bonds. The van der Waals surface area contributed by atoms with Gasteiger partial charge in [-0.2, -0.15) is 0 Å². The summed E-state index contributed by atoms with van der Waals surface area (Å²) in [7, 11) is 0. The molecular formula is C17H24N2O4. The van der Waals surface area contributed by atoms with Crippen LogP contribution in [0.1, 0.15) is 38.8 Å². The molecule has 0 saturated carbocycles. The summed E-state index contributed by atoms with van der Waals surface area (Å²) < 4.78 is 0. The summed E-state index contributed by atoms with van der Waals surface area (Å²) in [5, 5.41) is 11.7. The fourth-order valence-corrected chi connectivity index (χ4v) is 2.22. The Bertz CT molecular complexity index is 543. The standard InChI is InChI=1S/C17H24N2O4/c1-4-19(11-15(21)22)17(23)16(13-8-6-5-7-9-13)18-14(20)10-12(2)3/h5-9,12,16H,4,10-11H2,1-3H3,(H,18,20)(H,21,22). The van der Waals surface area contributed by atoms with Crippen LogP contribution in [0.25, 0.3) is 0 Å². The van der Waals surface area contributed by atoms with Gasteiger partial charge in [-0.25, -0.2) is 0 Å². The number of rotatable bonds is 8. The van der Waals surface area contributed by atoms with Crippen LogP contribution in [0.5, 0.6) is 0 Å². The van der Waals surface area contributed by atoms with Crippen molar-refractivity contribution in [3.05, 3.63) is 35.9 Å². The Morgan fingerprint density at radius 2 is 1.78 bits per heavy atom. The second-order valence-electron chi connectivity index (χ2n) is 5.76. The predicted molar refractivity (Wildman–Crippen MR) is 86.7 cm³/mol. The monoisotopic (exact) mass is 320 g/mol. The van der Waals surface area contributed by atoms with Gasteiger partial charge in [0.2, 0.25) is 11.8 Å². The number of aliphatic carboxylic acids is 1. The molecule has 6 heteroatoms. The number of hydrogen-bond donors (Lipinski definition) is 2. The van der Waals surface area contributed by atoms with Gasteiger partial charge in [-0.1, -0.05) is 44.2 Å². The Balaban J connectivity index is 3.01. The largest absolute Gasteiger partial charge is 0.480 e. The van der Waals surface area contributed by atoms with Crippen molar-refractivity contribution >= 4 is 17.8 Å². The van der Waals surface area contributed by atoms with Crippen molar-refractivity contribution in [3.8, 4) is 0 Å². The Hall–Kier alpha value is -2.37. The number of carbonyl (C=O) groups excluding carboxylic acids is 2. The molecule has 1 aromatic carbocycles. The first-order valence-electron chi connectivity index (χ1n) is 7.70. The van der Waals surface area contributed by atoms with E-state index < -0.39 is 24.5 Å². The van der Waals surface area contributed by atoms with Crippen LogP contribution >= 0.6 is 0 Å². The summed E-state index contributed by atoms with van der Waals surface area (Å²) in [6.45, 7) is 5.41. The molecule has 0 fully saturated rings. The highest BCUT2D eigenvalue weighted by molar-refractivity contribution is 5.90. The highest BCUT2D eigenvalue weighted by Gasteiger charge is 2.27. The van der Waals surface area contributed by atoms with E-state index in [4.69, 9.17) is 5.11 Å². The van der Waals surface area contributed by atoms with Crippen LogP contribution < -0.4 is 5.32 Å². The number of carboxylic acids is 1. The normalized spacial score (nSPS) is 11.8. The Morgan fingerprint density at radius 1 is 1.17 bits per heavy atom. The fraction of sp³-hybridized carbons (Fsp3) is 0.471. The molecule has 0 aliphatic heterocycles. The molecule has 0 aliphatic carbocycles. The summed E-state index contributed by atoms with van der Waals surface area (Å²) in [5.41, 5.74) is 0.637. The zero-order valence-corrected chi connectivity index (χ0v) is 13.8. The lowest BCUT2D eigenvalue weighted by Gasteiger charge is -2.26. The van der Waals surface area contributed by atoms with Gasteiger partial charge >= 0.3 is 5.97 Å². The molecule has 126 valence electrons. The molecule has 0 radical (unpaired) electrons. The van der Waals surface area contributed by atoms with Crippen LogP contribution in [0, 0.1) is 5.92 Å². The maximum Gasteiger partial charge on any atom is 0.323 e. The zero-order chi connectivity index (χ0) is 17.4. The summed E-state index contributed by atoms with van der Waals surface area (Å²) >= 11 is 0. The van der Waals surface area contributed by atoms with Gasteiger partial charge in [-0.05, 0) is 18.4 Å². The summed E-state index contributed by atoms with van der Waals surface area (Å²) in [6.07, 6.45) is 0.307. The molecule has 23 heavy (non-hydrogen) atoms. The SMILES string of the molecule is CCN(CC(=O)O)C(=O)C(NC(=O)CC(C)C)c1ccccc1. The van der Waals surface area contributed by atoms with Gasteiger partial charge in [-0.3, -0.25) is 14.4 Å². The third kappa shape index (κ3) is 6.10. The number of benzene rings is 1. The van der Waals surface area contributed by atoms with E-state index in [0.717, 1.165) is 0 Å². The quantitative estimate of drug-likeness (QED) is 0.765. The van der Waals surface area contributed by atoms with Crippen LogP contribution in [-0.2, 0) is 14.4 Å². The minimum atomic E-state index is -1.08. The van der Waals surface area contributed by atoms with Crippen molar-refractivity contribution in [2.45, 2.75) is 33.2 Å². The maximum atomic E-state index is 12.7. The van der Waals surface area contributed by atoms with Gasteiger partial charge in [0.05, 0.1) is 0 Å². The van der Waals surface area contributed by atoms with Gasteiger partial charge in [0.25, 0.3) is 0 Å². The van der Waals surface area contributed by atoms with E-state index in [1.165, 1.54) is 4.90 Å². The van der Waals surface area contributed by atoms with E-state index in [9.17, 15) is 14.4 Å². The topological polar surface area (TPSA) is 86.7 Å². The molecule has 0 aromatic heterocycles. The van der Waals surface area contributed by atoms with Crippen molar-refractivity contribution < 1.29 is 19.5 Å². The van der Waals surface area contributed by atoms with Gasteiger partial charge < -0.3 is 15.3 Å². The third-order valence-corrected chi connectivity index (χ3v) is 3.30. The summed E-state index contributed by atoms with van der Waals surface area (Å²) in [4.78, 5) is 36.9. The molecular weight excluding hydrogens is 296 g/mol. The van der Waals surface area contributed by atoms with Gasteiger partial charge in [0.15, 0.2) is 0 Å². The average molecular weight is 320 g/mol. The zero-order valence-electron chi connectivity index (χ0n) is 13.8. The number of likely N-dealkylation sites (N-methyl/N-ethyl adjacent to an activating group) is 1. The van der Waals surface area contributed by atoms with E-state index in [0.29, 0.717) is 12.0 Å². The Kier molecular flexibility index (Phi) is 7.25. The fourth-order valence-electron chi connectivity index (χ4n) is 2.22. The first kappa shape index (κ1) is 18.7. The molecule has 1 unspecified atom stereocenters. The summed E-state index contributed by atoms with van der Waals surface area (Å²) in [6, 6.07) is 7.98. The lowest BCUT2D eigenvalue weighted by atomic mass is 10.0. The highest BCUT2D eigenvalue weighted by Crippen LogP contribution is 2.17. The number of hydrogen-bond acceptors (Lipinski definition) is 3. The average Bonchev–Trinajstić information content (AvgIpc) is 2.49. The van der Waals surface area contributed by atoms with Crippen LogP contribution in [-0.4, -0.2) is 40.9 Å². The van der Waals surface area contributed by atoms with E-state index in [1.807, 2.05) is 19.9 Å². The first-order valence-corrected chi connectivity index (χ1v) is 7.70.